The fraction of sp³-hybridized carbons (Fsp3) is 0.0233. The van der Waals surface area contributed by atoms with Crippen LogP contribution < -0.4 is 20.4 Å². The van der Waals surface area contributed by atoms with Crippen molar-refractivity contribution in [3.63, 3.8) is 0 Å². The van der Waals surface area contributed by atoms with Crippen LogP contribution in [-0.4, -0.2) is 21.6 Å². The number of aliphatic imine (C=N–C) groups is 2. The van der Waals surface area contributed by atoms with Gasteiger partial charge in [0.2, 0.25) is 0 Å². The molecule has 14 aromatic rings. The molecule has 12 aromatic carbocycles. The molecule has 0 aliphatic carbocycles. The number of amidine groups is 2. The molecule has 96 heavy (non-hydrogen) atoms. The molecule has 16 rings (SSSR count). The average Bonchev–Trinajstić information content (AvgIpc) is 1.29. The number of nitrogens with one attached hydrogen (secondary N) is 2. The van der Waals surface area contributed by atoms with Crippen molar-refractivity contribution in [2.75, 3.05) is 20.4 Å². The number of anilines is 8. The molecule has 0 saturated carbocycles. The van der Waals surface area contributed by atoms with Crippen LogP contribution in [0.3, 0.4) is 0 Å². The molecule has 0 unspecified atom stereocenters. The Hall–Kier alpha value is -13.3. The van der Waals surface area contributed by atoms with Crippen molar-refractivity contribution in [3.8, 4) is 56.6 Å². The molecule has 0 radical (unpaired) electrons. The van der Waals surface area contributed by atoms with E-state index in [-0.39, 0.29) is 11.1 Å². The molecule has 4 heterocycles. The van der Waals surface area contributed by atoms with E-state index in [0.29, 0.717) is 22.8 Å². The van der Waals surface area contributed by atoms with Crippen LogP contribution in [0.25, 0.3) is 77.2 Å². The van der Waals surface area contributed by atoms with Crippen molar-refractivity contribution >= 4 is 101 Å². The van der Waals surface area contributed by atoms with Crippen LogP contribution in [-0.2, 0) is 0 Å². The highest BCUT2D eigenvalue weighted by Crippen LogP contribution is 2.42. The molecule has 2 N–H and O–H groups in total. The fourth-order valence-corrected chi connectivity index (χ4v) is 13.0. The van der Waals surface area contributed by atoms with Gasteiger partial charge in [-0.2, -0.15) is 10.5 Å². The van der Waals surface area contributed by atoms with Crippen LogP contribution in [0, 0.1) is 36.5 Å². The van der Waals surface area contributed by atoms with E-state index >= 15 is 0 Å². The van der Waals surface area contributed by atoms with Gasteiger partial charge in [0.1, 0.15) is 23.8 Å². The van der Waals surface area contributed by atoms with Crippen LogP contribution in [0.15, 0.2) is 314 Å². The fourth-order valence-electron chi connectivity index (χ4n) is 13.0. The lowest BCUT2D eigenvalue weighted by atomic mass is 9.95. The second kappa shape index (κ2) is 24.7. The van der Waals surface area contributed by atoms with E-state index in [1.807, 2.05) is 73.1 Å². The molecule has 0 saturated heterocycles. The van der Waals surface area contributed by atoms with E-state index in [4.69, 9.17) is 20.0 Å². The Kier molecular flexibility index (Phi) is 14.9. The molecular weight excluding hydrogens is 1170 g/mol. The third-order valence-electron chi connectivity index (χ3n) is 18.0. The van der Waals surface area contributed by atoms with Gasteiger partial charge in [0.05, 0.1) is 11.1 Å². The lowest BCUT2D eigenvalue weighted by Gasteiger charge is -2.26. The Balaban J connectivity index is 0.679. The number of aromatic nitrogens is 2. The molecule has 10 heteroatoms. The van der Waals surface area contributed by atoms with Crippen LogP contribution in [0.2, 0.25) is 0 Å². The van der Waals surface area contributed by atoms with E-state index in [2.05, 4.69) is 277 Å². The summed E-state index contributed by atoms with van der Waals surface area (Å²) in [6.45, 7) is 4.19. The van der Waals surface area contributed by atoms with Crippen molar-refractivity contribution in [1.29, 1.82) is 10.5 Å². The minimum Gasteiger partial charge on any atom is -0.339 e. The first-order valence-corrected chi connectivity index (χ1v) is 31.8. The highest BCUT2D eigenvalue weighted by Gasteiger charge is 2.23. The Morgan fingerprint density at radius 3 is 0.906 bits per heavy atom. The number of nitriles is 2. The summed E-state index contributed by atoms with van der Waals surface area (Å²) in [7, 11) is 0. The summed E-state index contributed by atoms with van der Waals surface area (Å²) in [5.74, 6) is 2.80. The molecule has 10 nitrogen and oxygen atoms in total. The SMILES string of the molecule is Cc1ccc(-c2ccc(N(c3ccc(/C(C#N)=C(\C#N)c4ccc(N(c5ccc(-c6ccc(C)cc6)cc5)c5ccc(-c6ccc(/N=C7\Nc8cccc9cccc7c89)nc6)cc5)cc4)cc3)c3ccc(-c4ccc(/N=C5\Nc6cccc7cccc5c67)nc4)cc3)cc2)cc1. The Bertz CT molecular complexity index is 5120. The number of aryl methyl sites for hydroxylation is 2. The minimum absolute atomic E-state index is 0.274. The lowest BCUT2D eigenvalue weighted by molar-refractivity contribution is 1.27. The monoisotopic (exact) mass is 1230 g/mol. The Morgan fingerprint density at radius 1 is 0.323 bits per heavy atom. The van der Waals surface area contributed by atoms with Crippen LogP contribution in [0.5, 0.6) is 0 Å². The first-order valence-electron chi connectivity index (χ1n) is 31.8. The lowest BCUT2D eigenvalue weighted by Crippen LogP contribution is -2.10. The summed E-state index contributed by atoms with van der Waals surface area (Å²) in [4.78, 5) is 23.8. The number of rotatable bonds is 14. The number of benzene rings is 12. The van der Waals surface area contributed by atoms with Crippen molar-refractivity contribution in [2.45, 2.75) is 13.8 Å². The summed E-state index contributed by atoms with van der Waals surface area (Å²) < 4.78 is 0. The average molecular weight is 1230 g/mol. The summed E-state index contributed by atoms with van der Waals surface area (Å²) in [6, 6.07) is 105. The molecule has 0 spiro atoms. The highest BCUT2D eigenvalue weighted by molar-refractivity contribution is 6.27. The van der Waals surface area contributed by atoms with Gasteiger partial charge in [0.25, 0.3) is 0 Å². The van der Waals surface area contributed by atoms with E-state index in [0.717, 1.165) is 113 Å². The topological polar surface area (TPSA) is 129 Å². The normalized spacial score (nSPS) is 13.0. The van der Waals surface area contributed by atoms with Crippen molar-refractivity contribution in [1.82, 2.24) is 9.97 Å². The Morgan fingerprint density at radius 2 is 0.604 bits per heavy atom. The molecule has 452 valence electrons. The van der Waals surface area contributed by atoms with E-state index in [1.165, 1.54) is 32.7 Å². The minimum atomic E-state index is 0.274. The number of allylic oxidation sites excluding steroid dienone is 2. The number of nitrogens with zero attached hydrogens (tertiary/aromatic N) is 8. The molecule has 0 amide bonds. The summed E-state index contributed by atoms with van der Waals surface area (Å²) in [6.07, 6.45) is 3.74. The first kappa shape index (κ1) is 57.8. The van der Waals surface area contributed by atoms with Gasteiger partial charge in [-0.15, -0.1) is 0 Å². The van der Waals surface area contributed by atoms with Crippen LogP contribution in [0.4, 0.5) is 57.1 Å². The third-order valence-corrected chi connectivity index (χ3v) is 18.0. The summed E-state index contributed by atoms with van der Waals surface area (Å²) >= 11 is 0. The second-order valence-corrected chi connectivity index (χ2v) is 24.1. The first-order chi connectivity index (χ1) is 47.2. The largest absolute Gasteiger partial charge is 0.339 e. The van der Waals surface area contributed by atoms with Gasteiger partial charge in [-0.3, -0.25) is 0 Å². The van der Waals surface area contributed by atoms with Gasteiger partial charge >= 0.3 is 0 Å². The maximum atomic E-state index is 11.0. The molecule has 2 aliphatic rings. The molecule has 0 bridgehead atoms. The quantitative estimate of drug-likeness (QED) is 0.0814. The maximum absolute atomic E-state index is 11.0. The molecule has 0 fully saturated rings. The van der Waals surface area contributed by atoms with Crippen LogP contribution >= 0.6 is 0 Å². The Labute approximate surface area is 556 Å². The van der Waals surface area contributed by atoms with E-state index in [1.54, 1.807) is 0 Å². The zero-order valence-electron chi connectivity index (χ0n) is 52.4. The standard InChI is InChI=1S/C86H58N10/c1-55-15-19-57(20-16-55)59-23-37-69(38-24-59)95(71-41-27-61(28-42-71)67-35-49-81(89-53-67)93-85-75-11-3-7-65-9-5-13-79(91-85)83(65)75)73-45-31-63(32-46-73)77(51-87)78(52-88)64-33-47-74(48-34-64)96(70-39-25-60(26-40-70)58-21-17-56(2)18-22-58)72-43-29-62(30-44-72)68-36-50-82(90-54-68)94-86-76-12-4-8-66-10-6-14-80(92-86)84(66)76/h3-50,53-54H,1-2H3,(H,89,91,93)(H,90,92,94)/b78-77+. The van der Waals surface area contributed by atoms with E-state index < -0.39 is 0 Å². The number of pyridine rings is 2. The van der Waals surface area contributed by atoms with E-state index in [9.17, 15) is 10.5 Å². The maximum Gasteiger partial charge on any atom is 0.154 e. The van der Waals surface area contributed by atoms with Crippen molar-refractivity contribution < 1.29 is 0 Å². The summed E-state index contributed by atoms with van der Waals surface area (Å²) in [5.41, 5.74) is 22.4. The van der Waals surface area contributed by atoms with Crippen LogP contribution in [0.1, 0.15) is 33.4 Å². The number of hydrogen-bond donors (Lipinski definition) is 2. The van der Waals surface area contributed by atoms with Gasteiger partial charge in [-0.25, -0.2) is 20.0 Å². The van der Waals surface area contributed by atoms with Gasteiger partial charge in [-0.05, 0) is 178 Å². The number of hydrogen-bond acceptors (Lipinski definition) is 8. The van der Waals surface area contributed by atoms with Crippen molar-refractivity contribution in [3.05, 3.63) is 337 Å². The van der Waals surface area contributed by atoms with Gasteiger partial charge in [-0.1, -0.05) is 193 Å². The smallest absolute Gasteiger partial charge is 0.154 e. The molecule has 2 aliphatic heterocycles. The van der Waals surface area contributed by atoms with Crippen molar-refractivity contribution in [2.24, 2.45) is 9.98 Å². The zero-order valence-corrected chi connectivity index (χ0v) is 52.4. The predicted molar refractivity (Wildman–Crippen MR) is 395 cm³/mol. The second-order valence-electron chi connectivity index (χ2n) is 24.1. The third kappa shape index (κ3) is 11.1. The van der Waals surface area contributed by atoms with Gasteiger partial charge in [0, 0.05) is 90.9 Å². The van der Waals surface area contributed by atoms with Gasteiger partial charge < -0.3 is 20.4 Å². The zero-order chi connectivity index (χ0) is 64.6. The highest BCUT2D eigenvalue weighted by atomic mass is 15.1. The predicted octanol–water partition coefficient (Wildman–Crippen LogP) is 22.0. The molecular formula is C86H58N10. The molecule has 0 atom stereocenters. The molecule has 2 aromatic heterocycles. The summed E-state index contributed by atoms with van der Waals surface area (Å²) in [5, 5.41) is 33.6. The van der Waals surface area contributed by atoms with Gasteiger partial charge in [0.15, 0.2) is 11.6 Å².